The fourth-order valence-electron chi connectivity index (χ4n) is 4.74. The summed E-state index contributed by atoms with van der Waals surface area (Å²) in [5.74, 6) is -1.54. The lowest BCUT2D eigenvalue weighted by Crippen LogP contribution is -2.28. The Kier molecular flexibility index (Phi) is 9.22. The fourth-order valence-corrected chi connectivity index (χ4v) is 4.74. The molecule has 0 spiro atoms. The maximum Gasteiger partial charge on any atom is 0.277 e. The Morgan fingerprint density at radius 1 is 0.930 bits per heavy atom. The van der Waals surface area contributed by atoms with Crippen molar-refractivity contribution in [2.75, 3.05) is 14.1 Å². The van der Waals surface area contributed by atoms with Crippen LogP contribution in [0, 0.1) is 11.6 Å². The molecule has 0 aliphatic carbocycles. The van der Waals surface area contributed by atoms with Crippen LogP contribution < -0.4 is 5.56 Å². The molecule has 7 nitrogen and oxygen atoms in total. The molecule has 0 saturated carbocycles. The summed E-state index contributed by atoms with van der Waals surface area (Å²) < 4.78 is 27.8. The van der Waals surface area contributed by atoms with Gasteiger partial charge in [0.2, 0.25) is 0 Å². The molecule has 0 atom stereocenters. The maximum absolute atomic E-state index is 13.5. The molecule has 5 aromatic rings. The van der Waals surface area contributed by atoms with E-state index in [1.807, 2.05) is 50.6 Å². The summed E-state index contributed by atoms with van der Waals surface area (Å²) >= 11 is 0. The van der Waals surface area contributed by atoms with E-state index in [-0.39, 0.29) is 24.3 Å². The number of allylic oxidation sites excluding steroid dienone is 1. The van der Waals surface area contributed by atoms with Gasteiger partial charge < -0.3 is 4.90 Å². The van der Waals surface area contributed by atoms with E-state index in [0.29, 0.717) is 18.4 Å². The quantitative estimate of drug-likeness (QED) is 0.183. The predicted octanol–water partition coefficient (Wildman–Crippen LogP) is 5.84. The number of carbonyl (C=O) groups is 1. The number of halogens is 2. The molecule has 0 bridgehead atoms. The largest absolute Gasteiger partial charge is 0.305 e. The lowest BCUT2D eigenvalue weighted by atomic mass is 10.1. The third kappa shape index (κ3) is 7.69. The topological polar surface area (TPSA) is 81.0 Å². The number of aromatic nitrogens is 4. The number of benzene rings is 3. The van der Waals surface area contributed by atoms with Crippen LogP contribution in [0.2, 0.25) is 0 Å². The first-order valence-electron chi connectivity index (χ1n) is 13.9. The van der Waals surface area contributed by atoms with Crippen LogP contribution >= 0.6 is 0 Å². The highest BCUT2D eigenvalue weighted by Crippen LogP contribution is 2.17. The van der Waals surface area contributed by atoms with Crippen LogP contribution in [-0.4, -0.2) is 44.5 Å². The van der Waals surface area contributed by atoms with E-state index in [4.69, 9.17) is 4.98 Å². The second-order valence-electron chi connectivity index (χ2n) is 10.7. The molecule has 2 heterocycles. The van der Waals surface area contributed by atoms with Gasteiger partial charge in [0.05, 0.1) is 17.6 Å². The van der Waals surface area contributed by atoms with Gasteiger partial charge in [-0.3, -0.25) is 9.59 Å². The summed E-state index contributed by atoms with van der Waals surface area (Å²) in [6, 6.07) is 19.2. The molecule has 0 aliphatic rings. The molecule has 0 unspecified atom stereocenters. The molecule has 0 fully saturated rings. The molecular formula is C34H31F2N5O2. The van der Waals surface area contributed by atoms with Crippen LogP contribution in [0.3, 0.4) is 0 Å². The first-order chi connectivity index (χ1) is 20.7. The molecule has 218 valence electrons. The average molecular weight is 580 g/mol. The number of carbonyl (C=O) groups excluding carboxylic acids is 1. The van der Waals surface area contributed by atoms with Crippen LogP contribution in [0.15, 0.2) is 90.0 Å². The molecular weight excluding hydrogens is 548 g/mol. The van der Waals surface area contributed by atoms with E-state index in [1.54, 1.807) is 0 Å². The van der Waals surface area contributed by atoms with E-state index >= 15 is 0 Å². The van der Waals surface area contributed by atoms with Gasteiger partial charge in [-0.15, -0.1) is 0 Å². The van der Waals surface area contributed by atoms with Gasteiger partial charge in [0.25, 0.3) is 5.56 Å². The van der Waals surface area contributed by atoms with Gasteiger partial charge >= 0.3 is 0 Å². The fraction of sp³-hybridized carbons (Fsp3) is 0.206. The Balaban J connectivity index is 1.18. The van der Waals surface area contributed by atoms with Gasteiger partial charge in [-0.05, 0) is 73.1 Å². The summed E-state index contributed by atoms with van der Waals surface area (Å²) in [5.41, 5.74) is 4.03. The van der Waals surface area contributed by atoms with Gasteiger partial charge in [-0.2, -0.15) is 5.10 Å². The Morgan fingerprint density at radius 2 is 1.70 bits per heavy atom. The minimum absolute atomic E-state index is 0.00847. The van der Waals surface area contributed by atoms with E-state index < -0.39 is 17.2 Å². The van der Waals surface area contributed by atoms with Crippen LogP contribution in [0.4, 0.5) is 8.78 Å². The lowest BCUT2D eigenvalue weighted by molar-refractivity contribution is 0.0981. The summed E-state index contributed by atoms with van der Waals surface area (Å²) in [4.78, 5) is 37.0. The molecule has 0 N–H and O–H groups in total. The van der Waals surface area contributed by atoms with Crippen molar-refractivity contribution in [1.82, 2.24) is 24.6 Å². The Bertz CT molecular complexity index is 1850. The van der Waals surface area contributed by atoms with Crippen LogP contribution in [0.1, 0.15) is 51.3 Å². The van der Waals surface area contributed by atoms with Gasteiger partial charge in [-0.25, -0.2) is 23.4 Å². The molecule has 2 aromatic heterocycles. The van der Waals surface area contributed by atoms with E-state index in [0.717, 1.165) is 51.2 Å². The van der Waals surface area contributed by atoms with Crippen molar-refractivity contribution in [3.05, 3.63) is 141 Å². The number of nitrogens with zero attached hydrogens (tertiary/aromatic N) is 5. The zero-order valence-corrected chi connectivity index (χ0v) is 24.0. The molecule has 43 heavy (non-hydrogen) atoms. The van der Waals surface area contributed by atoms with E-state index in [1.165, 1.54) is 23.9 Å². The van der Waals surface area contributed by atoms with Crippen molar-refractivity contribution in [3.63, 3.8) is 0 Å². The van der Waals surface area contributed by atoms with Crippen molar-refractivity contribution in [2.24, 2.45) is 0 Å². The lowest BCUT2D eigenvalue weighted by Gasteiger charge is -2.10. The number of hydrogen-bond donors (Lipinski definition) is 0. The number of fused-ring (bicyclic) bond motifs is 1. The van der Waals surface area contributed by atoms with Gasteiger partial charge in [0, 0.05) is 37.2 Å². The molecule has 0 amide bonds. The number of rotatable bonds is 11. The summed E-state index contributed by atoms with van der Waals surface area (Å²) in [6.45, 7) is 0.824. The highest BCUT2D eigenvalue weighted by atomic mass is 19.2. The van der Waals surface area contributed by atoms with Crippen LogP contribution in [0.5, 0.6) is 0 Å². The van der Waals surface area contributed by atoms with Crippen molar-refractivity contribution in [3.8, 4) is 0 Å². The number of ketones is 1. The maximum atomic E-state index is 13.5. The van der Waals surface area contributed by atoms with E-state index in [9.17, 15) is 18.4 Å². The predicted molar refractivity (Wildman–Crippen MR) is 163 cm³/mol. The zero-order chi connectivity index (χ0) is 30.3. The monoisotopic (exact) mass is 579 g/mol. The molecule has 0 saturated heterocycles. The third-order valence-corrected chi connectivity index (χ3v) is 6.91. The zero-order valence-electron chi connectivity index (χ0n) is 24.0. The van der Waals surface area contributed by atoms with Crippen molar-refractivity contribution < 1.29 is 13.6 Å². The van der Waals surface area contributed by atoms with Crippen molar-refractivity contribution >= 4 is 22.8 Å². The molecule has 0 radical (unpaired) electrons. The third-order valence-electron chi connectivity index (χ3n) is 6.91. The standard InChI is InChI=1S/C34H31F2N5O2/c1-40(2)21-25-9-7-24(8-10-25)19-33-37-20-27-17-23(12-14-31(27)39-33)5-3-4-6-32(42)28-15-16-38-41(34(28)43)22-26-11-13-29(35)30(36)18-26/h3,5,7-18,20H,4,6,19,21-22H2,1-2H3/b5-3+. The van der Waals surface area contributed by atoms with Crippen LogP contribution in [-0.2, 0) is 19.5 Å². The second-order valence-corrected chi connectivity index (χ2v) is 10.7. The molecule has 5 rings (SSSR count). The summed E-state index contributed by atoms with van der Waals surface area (Å²) in [6.07, 6.45) is 8.21. The minimum atomic E-state index is -1.01. The van der Waals surface area contributed by atoms with Crippen molar-refractivity contribution in [1.29, 1.82) is 0 Å². The first-order valence-corrected chi connectivity index (χ1v) is 13.9. The van der Waals surface area contributed by atoms with E-state index in [2.05, 4.69) is 39.2 Å². The molecule has 3 aromatic carbocycles. The highest BCUT2D eigenvalue weighted by Gasteiger charge is 2.13. The number of hydrogen-bond acceptors (Lipinski definition) is 6. The van der Waals surface area contributed by atoms with Gasteiger partial charge in [0.15, 0.2) is 17.4 Å². The number of Topliss-reactive ketones (excluding diaryl/α,β-unsaturated/α-hetero) is 1. The molecule has 0 aliphatic heterocycles. The van der Waals surface area contributed by atoms with Crippen LogP contribution in [0.25, 0.3) is 17.0 Å². The SMILES string of the molecule is CN(C)Cc1ccc(Cc2ncc3cc(/C=C/CCC(=O)c4ccnn(Cc5ccc(F)c(F)c5)c4=O)ccc3n2)cc1. The summed E-state index contributed by atoms with van der Waals surface area (Å²) in [5, 5.41) is 4.90. The van der Waals surface area contributed by atoms with Gasteiger partial charge in [-0.1, -0.05) is 48.6 Å². The average Bonchev–Trinajstić information content (AvgIpc) is 2.99. The molecule has 9 heteroatoms. The Labute approximate surface area is 248 Å². The first kappa shape index (κ1) is 29.6. The Morgan fingerprint density at radius 3 is 2.47 bits per heavy atom. The normalized spacial score (nSPS) is 11.6. The minimum Gasteiger partial charge on any atom is -0.305 e. The smallest absolute Gasteiger partial charge is 0.277 e. The Hall–Kier alpha value is -4.89. The van der Waals surface area contributed by atoms with Gasteiger partial charge in [0.1, 0.15) is 5.82 Å². The van der Waals surface area contributed by atoms with Crippen molar-refractivity contribution in [2.45, 2.75) is 32.4 Å². The summed E-state index contributed by atoms with van der Waals surface area (Å²) in [7, 11) is 4.10. The highest BCUT2D eigenvalue weighted by molar-refractivity contribution is 5.95. The second kappa shape index (κ2) is 13.4.